The molecular formula is C20H24ClN3O2. The van der Waals surface area contributed by atoms with E-state index in [1.807, 2.05) is 12.1 Å². The number of amides is 2. The third-order valence-corrected chi connectivity index (χ3v) is 5.03. The van der Waals surface area contributed by atoms with Crippen LogP contribution in [0.15, 0.2) is 30.5 Å². The van der Waals surface area contributed by atoms with Crippen LogP contribution in [0.2, 0.25) is 5.02 Å². The van der Waals surface area contributed by atoms with Gasteiger partial charge in [0, 0.05) is 36.2 Å². The van der Waals surface area contributed by atoms with Gasteiger partial charge >= 0.3 is 0 Å². The second-order valence-corrected chi connectivity index (χ2v) is 7.20. The van der Waals surface area contributed by atoms with Gasteiger partial charge in [0.15, 0.2) is 0 Å². The Balaban J connectivity index is 1.77. The van der Waals surface area contributed by atoms with E-state index in [2.05, 4.69) is 17.2 Å². The molecule has 1 aromatic carbocycles. The predicted molar refractivity (Wildman–Crippen MR) is 103 cm³/mol. The predicted octanol–water partition coefficient (Wildman–Crippen LogP) is 3.66. The molecule has 1 fully saturated rings. The summed E-state index contributed by atoms with van der Waals surface area (Å²) in [6.45, 7) is 3.88. The molecule has 138 valence electrons. The average Bonchev–Trinajstić information content (AvgIpc) is 2.67. The van der Waals surface area contributed by atoms with Gasteiger partial charge in [0.1, 0.15) is 0 Å². The quantitative estimate of drug-likeness (QED) is 0.813. The van der Waals surface area contributed by atoms with Crippen LogP contribution in [0.5, 0.6) is 0 Å². The fraction of sp³-hybridized carbons (Fsp3) is 0.450. The van der Waals surface area contributed by atoms with Crippen LogP contribution >= 0.6 is 11.6 Å². The van der Waals surface area contributed by atoms with E-state index in [1.165, 1.54) is 0 Å². The first-order valence-electron chi connectivity index (χ1n) is 9.21. The van der Waals surface area contributed by atoms with Gasteiger partial charge in [-0.15, -0.1) is 0 Å². The highest BCUT2D eigenvalue weighted by molar-refractivity contribution is 6.32. The summed E-state index contributed by atoms with van der Waals surface area (Å²) < 4.78 is 0. The summed E-state index contributed by atoms with van der Waals surface area (Å²) in [5.74, 6) is -0.213. The van der Waals surface area contributed by atoms with Crippen molar-refractivity contribution in [3.8, 4) is 0 Å². The summed E-state index contributed by atoms with van der Waals surface area (Å²) in [4.78, 5) is 31.6. The first-order valence-corrected chi connectivity index (χ1v) is 9.59. The number of carbonyl (C=O) groups is 2. The normalized spacial score (nSPS) is 17.3. The summed E-state index contributed by atoms with van der Waals surface area (Å²) in [5, 5.41) is 4.34. The lowest BCUT2D eigenvalue weighted by molar-refractivity contribution is -0.126. The third-order valence-electron chi connectivity index (χ3n) is 4.81. The minimum atomic E-state index is -0.150. The molecule has 0 bridgehead atoms. The molecule has 1 unspecified atom stereocenters. The molecule has 0 radical (unpaired) electrons. The molecule has 6 heteroatoms. The number of piperidine rings is 1. The molecule has 1 aliphatic rings. The molecule has 26 heavy (non-hydrogen) atoms. The minimum Gasteiger partial charge on any atom is -0.356 e. The van der Waals surface area contributed by atoms with Crippen LogP contribution in [0.1, 0.15) is 43.0 Å². The molecule has 0 aliphatic carbocycles. The Morgan fingerprint density at radius 3 is 3.04 bits per heavy atom. The Morgan fingerprint density at radius 1 is 1.38 bits per heavy atom. The van der Waals surface area contributed by atoms with Crippen LogP contribution < -0.4 is 5.32 Å². The number of unbranched alkanes of at least 4 members (excludes halogenated alkanes) is 1. The Labute approximate surface area is 158 Å². The van der Waals surface area contributed by atoms with Crippen LogP contribution in [-0.2, 0) is 4.79 Å². The standard InChI is InChI=1S/C20H24ClN3O2/c1-2-3-8-23-19(25)15-7-5-10-24(13-15)20(26)17-12-16(21)11-14-6-4-9-22-18(14)17/h4,6,9,11-12,15H,2-3,5,7-8,10,13H2,1H3,(H,23,25). The van der Waals surface area contributed by atoms with Crippen molar-refractivity contribution in [1.29, 1.82) is 0 Å². The maximum Gasteiger partial charge on any atom is 0.256 e. The zero-order valence-corrected chi connectivity index (χ0v) is 15.8. The van der Waals surface area contributed by atoms with Crippen molar-refractivity contribution in [2.24, 2.45) is 5.92 Å². The number of benzene rings is 1. The fourth-order valence-corrected chi connectivity index (χ4v) is 3.62. The minimum absolute atomic E-state index is 0.0463. The maximum absolute atomic E-state index is 13.1. The van der Waals surface area contributed by atoms with Gasteiger partial charge in [0.25, 0.3) is 5.91 Å². The number of nitrogens with one attached hydrogen (secondary N) is 1. The number of halogens is 1. The average molecular weight is 374 g/mol. The van der Waals surface area contributed by atoms with Crippen LogP contribution in [0.25, 0.3) is 10.9 Å². The molecule has 3 rings (SSSR count). The highest BCUT2D eigenvalue weighted by Crippen LogP contribution is 2.25. The first-order chi connectivity index (χ1) is 12.6. The summed E-state index contributed by atoms with van der Waals surface area (Å²) in [7, 11) is 0. The number of aromatic nitrogens is 1. The van der Waals surface area contributed by atoms with Crippen molar-refractivity contribution in [3.63, 3.8) is 0 Å². The topological polar surface area (TPSA) is 62.3 Å². The van der Waals surface area contributed by atoms with Crippen molar-refractivity contribution >= 4 is 34.3 Å². The molecule has 0 spiro atoms. The molecule has 1 atom stereocenters. The van der Waals surface area contributed by atoms with Gasteiger partial charge in [-0.2, -0.15) is 0 Å². The van der Waals surface area contributed by atoms with Crippen molar-refractivity contribution in [1.82, 2.24) is 15.2 Å². The van der Waals surface area contributed by atoms with Gasteiger partial charge in [-0.1, -0.05) is 31.0 Å². The number of nitrogens with zero attached hydrogens (tertiary/aromatic N) is 2. The molecule has 2 amide bonds. The molecular weight excluding hydrogens is 350 g/mol. The fourth-order valence-electron chi connectivity index (χ4n) is 3.40. The van der Waals surface area contributed by atoms with E-state index in [1.54, 1.807) is 23.2 Å². The van der Waals surface area contributed by atoms with E-state index >= 15 is 0 Å². The molecule has 1 saturated heterocycles. The smallest absolute Gasteiger partial charge is 0.256 e. The largest absolute Gasteiger partial charge is 0.356 e. The number of pyridine rings is 1. The van der Waals surface area contributed by atoms with Gasteiger partial charge in [-0.05, 0) is 37.5 Å². The first kappa shape index (κ1) is 18.6. The van der Waals surface area contributed by atoms with Gasteiger partial charge in [-0.3, -0.25) is 14.6 Å². The Bertz CT molecular complexity index is 809. The van der Waals surface area contributed by atoms with Crippen LogP contribution in [0.4, 0.5) is 0 Å². The van der Waals surface area contributed by atoms with E-state index in [9.17, 15) is 9.59 Å². The molecule has 1 aliphatic heterocycles. The number of carbonyl (C=O) groups excluding carboxylic acids is 2. The Morgan fingerprint density at radius 2 is 2.23 bits per heavy atom. The lowest BCUT2D eigenvalue weighted by Gasteiger charge is -2.32. The Kier molecular flexibility index (Phi) is 6.09. The number of hydrogen-bond donors (Lipinski definition) is 1. The molecule has 0 saturated carbocycles. The van der Waals surface area contributed by atoms with Gasteiger partial charge in [0.2, 0.25) is 5.91 Å². The Hall–Kier alpha value is -2.14. The van der Waals surface area contributed by atoms with E-state index in [0.717, 1.165) is 31.1 Å². The van der Waals surface area contributed by atoms with Crippen molar-refractivity contribution < 1.29 is 9.59 Å². The summed E-state index contributed by atoms with van der Waals surface area (Å²) in [6.07, 6.45) is 5.33. The van der Waals surface area contributed by atoms with E-state index < -0.39 is 0 Å². The van der Waals surface area contributed by atoms with Crippen LogP contribution in [0, 0.1) is 5.92 Å². The third kappa shape index (κ3) is 4.15. The van der Waals surface area contributed by atoms with E-state index in [0.29, 0.717) is 35.7 Å². The van der Waals surface area contributed by atoms with Gasteiger partial charge in [-0.25, -0.2) is 0 Å². The number of fused-ring (bicyclic) bond motifs is 1. The van der Waals surface area contributed by atoms with Crippen molar-refractivity contribution in [2.45, 2.75) is 32.6 Å². The van der Waals surface area contributed by atoms with Crippen LogP contribution in [-0.4, -0.2) is 41.3 Å². The lowest BCUT2D eigenvalue weighted by atomic mass is 9.96. The van der Waals surface area contributed by atoms with E-state index in [-0.39, 0.29) is 17.7 Å². The number of likely N-dealkylation sites (tertiary alicyclic amines) is 1. The monoisotopic (exact) mass is 373 g/mol. The second kappa shape index (κ2) is 8.49. The van der Waals surface area contributed by atoms with Crippen molar-refractivity contribution in [3.05, 3.63) is 41.0 Å². The molecule has 2 aromatic rings. The summed E-state index contributed by atoms with van der Waals surface area (Å²) in [6, 6.07) is 7.20. The lowest BCUT2D eigenvalue weighted by Crippen LogP contribution is -2.45. The molecule has 1 N–H and O–H groups in total. The van der Waals surface area contributed by atoms with Gasteiger partial charge < -0.3 is 10.2 Å². The molecule has 5 nitrogen and oxygen atoms in total. The van der Waals surface area contributed by atoms with Crippen molar-refractivity contribution in [2.75, 3.05) is 19.6 Å². The summed E-state index contributed by atoms with van der Waals surface area (Å²) >= 11 is 6.19. The zero-order valence-electron chi connectivity index (χ0n) is 15.0. The maximum atomic E-state index is 13.1. The zero-order chi connectivity index (χ0) is 18.5. The number of hydrogen-bond acceptors (Lipinski definition) is 3. The molecule has 1 aromatic heterocycles. The molecule has 2 heterocycles. The highest BCUT2D eigenvalue weighted by atomic mass is 35.5. The highest BCUT2D eigenvalue weighted by Gasteiger charge is 2.29. The van der Waals surface area contributed by atoms with E-state index in [4.69, 9.17) is 11.6 Å². The van der Waals surface area contributed by atoms with Gasteiger partial charge in [0.05, 0.1) is 17.0 Å². The summed E-state index contributed by atoms with van der Waals surface area (Å²) in [5.41, 5.74) is 1.15. The SMILES string of the molecule is CCCCNC(=O)C1CCCN(C(=O)c2cc(Cl)cc3cccnc23)C1. The second-order valence-electron chi connectivity index (χ2n) is 6.76. The van der Waals surface area contributed by atoms with Crippen LogP contribution in [0.3, 0.4) is 0 Å². The number of rotatable bonds is 5.